The predicted octanol–water partition coefficient (Wildman–Crippen LogP) is 3.40. The molecule has 1 fully saturated rings. The fourth-order valence-corrected chi connectivity index (χ4v) is 2.38. The Morgan fingerprint density at radius 3 is 2.62 bits per heavy atom. The van der Waals surface area contributed by atoms with Gasteiger partial charge < -0.3 is 9.47 Å². The van der Waals surface area contributed by atoms with Crippen molar-refractivity contribution in [3.63, 3.8) is 0 Å². The van der Waals surface area contributed by atoms with Crippen molar-refractivity contribution in [2.45, 2.75) is 13.0 Å². The van der Waals surface area contributed by atoms with Crippen LogP contribution in [-0.4, -0.2) is 25.3 Å². The number of rotatable bonds is 4. The lowest BCUT2D eigenvalue weighted by atomic mass is 10.2. The van der Waals surface area contributed by atoms with Gasteiger partial charge in [-0.1, -0.05) is 36.4 Å². The summed E-state index contributed by atoms with van der Waals surface area (Å²) in [5.41, 5.74) is 1.95. The van der Waals surface area contributed by atoms with Crippen molar-refractivity contribution in [2.75, 3.05) is 18.1 Å². The molecule has 0 aliphatic carbocycles. The molecule has 1 heterocycles. The largest absolute Gasteiger partial charge is 0.490 e. The number of hydrogen-bond acceptors (Lipinski definition) is 3. The van der Waals surface area contributed by atoms with Crippen LogP contribution in [0, 0.1) is 6.92 Å². The number of hydrogen-bond donors (Lipinski definition) is 0. The van der Waals surface area contributed by atoms with Gasteiger partial charge in [0.25, 0.3) is 0 Å². The van der Waals surface area contributed by atoms with Gasteiger partial charge in [0.1, 0.15) is 12.4 Å². The van der Waals surface area contributed by atoms with Gasteiger partial charge in [0, 0.05) is 0 Å². The number of anilines is 1. The lowest BCUT2D eigenvalue weighted by Crippen LogP contribution is -2.27. The second-order valence-electron chi connectivity index (χ2n) is 5.03. The van der Waals surface area contributed by atoms with E-state index in [1.54, 1.807) is 4.90 Å². The summed E-state index contributed by atoms with van der Waals surface area (Å²) in [6, 6.07) is 17.3. The number of nitrogens with zero attached hydrogens (tertiary/aromatic N) is 1. The van der Waals surface area contributed by atoms with E-state index in [1.165, 1.54) is 0 Å². The zero-order valence-corrected chi connectivity index (χ0v) is 11.9. The molecule has 2 aromatic rings. The SMILES string of the molecule is Cc1ccccc1N1CC(COc2ccccc2)OC1=O. The first kappa shape index (κ1) is 13.5. The Morgan fingerprint density at radius 2 is 1.86 bits per heavy atom. The molecule has 108 valence electrons. The molecule has 1 aliphatic heterocycles. The van der Waals surface area contributed by atoms with Gasteiger partial charge in [-0.05, 0) is 30.7 Å². The van der Waals surface area contributed by atoms with Crippen LogP contribution < -0.4 is 9.64 Å². The molecule has 0 saturated carbocycles. The van der Waals surface area contributed by atoms with Crippen LogP contribution in [0.5, 0.6) is 5.75 Å². The summed E-state index contributed by atoms with van der Waals surface area (Å²) in [7, 11) is 0. The maximum Gasteiger partial charge on any atom is 0.414 e. The minimum Gasteiger partial charge on any atom is -0.490 e. The van der Waals surface area contributed by atoms with E-state index in [-0.39, 0.29) is 12.2 Å². The summed E-state index contributed by atoms with van der Waals surface area (Å²) >= 11 is 0. The number of benzene rings is 2. The third-order valence-electron chi connectivity index (χ3n) is 3.46. The monoisotopic (exact) mass is 283 g/mol. The molecule has 1 atom stereocenters. The lowest BCUT2D eigenvalue weighted by molar-refractivity contribution is 0.105. The molecule has 0 spiro atoms. The zero-order chi connectivity index (χ0) is 14.7. The molecule has 1 saturated heterocycles. The number of carbonyl (C=O) groups is 1. The Balaban J connectivity index is 1.64. The summed E-state index contributed by atoms with van der Waals surface area (Å²) in [6.07, 6.45) is -0.566. The molecular weight excluding hydrogens is 266 g/mol. The summed E-state index contributed by atoms with van der Waals surface area (Å²) in [4.78, 5) is 13.7. The van der Waals surface area contributed by atoms with Gasteiger partial charge in [0.05, 0.1) is 12.2 Å². The summed E-state index contributed by atoms with van der Waals surface area (Å²) in [5, 5.41) is 0. The highest BCUT2D eigenvalue weighted by Crippen LogP contribution is 2.25. The average molecular weight is 283 g/mol. The van der Waals surface area contributed by atoms with Crippen LogP contribution in [0.4, 0.5) is 10.5 Å². The fraction of sp³-hybridized carbons (Fsp3) is 0.235. The average Bonchev–Trinajstić information content (AvgIpc) is 2.88. The van der Waals surface area contributed by atoms with Crippen molar-refractivity contribution >= 4 is 11.8 Å². The van der Waals surface area contributed by atoms with Gasteiger partial charge in [-0.25, -0.2) is 4.79 Å². The molecule has 0 aromatic heterocycles. The molecule has 0 radical (unpaired) electrons. The van der Waals surface area contributed by atoms with Crippen molar-refractivity contribution in [1.29, 1.82) is 0 Å². The standard InChI is InChI=1S/C17H17NO3/c1-13-7-5-6-10-16(13)18-11-15(21-17(18)19)12-20-14-8-3-2-4-9-14/h2-10,15H,11-12H2,1H3. The number of aryl methyl sites for hydroxylation is 1. The molecule has 3 rings (SSSR count). The van der Waals surface area contributed by atoms with Crippen LogP contribution in [0.3, 0.4) is 0 Å². The second-order valence-corrected chi connectivity index (χ2v) is 5.03. The Morgan fingerprint density at radius 1 is 1.14 bits per heavy atom. The van der Waals surface area contributed by atoms with Crippen LogP contribution in [0.25, 0.3) is 0 Å². The molecule has 0 bridgehead atoms. The number of ether oxygens (including phenoxy) is 2. The molecule has 0 N–H and O–H groups in total. The van der Waals surface area contributed by atoms with Gasteiger partial charge >= 0.3 is 6.09 Å². The van der Waals surface area contributed by atoms with E-state index in [4.69, 9.17) is 9.47 Å². The summed E-state index contributed by atoms with van der Waals surface area (Å²) in [6.45, 7) is 2.85. The molecule has 21 heavy (non-hydrogen) atoms. The maximum atomic E-state index is 12.0. The van der Waals surface area contributed by atoms with Gasteiger partial charge in [-0.15, -0.1) is 0 Å². The second kappa shape index (κ2) is 5.87. The fourth-order valence-electron chi connectivity index (χ4n) is 2.38. The van der Waals surface area contributed by atoms with E-state index in [9.17, 15) is 4.79 Å². The number of cyclic esters (lactones) is 1. The van der Waals surface area contributed by atoms with E-state index < -0.39 is 0 Å². The third-order valence-corrected chi connectivity index (χ3v) is 3.46. The Hall–Kier alpha value is -2.49. The topological polar surface area (TPSA) is 38.8 Å². The lowest BCUT2D eigenvalue weighted by Gasteiger charge is -2.15. The Kier molecular flexibility index (Phi) is 3.77. The molecule has 2 aromatic carbocycles. The maximum absolute atomic E-state index is 12.0. The number of para-hydroxylation sites is 2. The van der Waals surface area contributed by atoms with Gasteiger partial charge in [0.15, 0.2) is 6.10 Å². The van der Waals surface area contributed by atoms with Crippen molar-refractivity contribution in [3.05, 3.63) is 60.2 Å². The molecule has 4 heteroatoms. The minimum atomic E-state index is -0.314. The van der Waals surface area contributed by atoms with Gasteiger partial charge in [-0.3, -0.25) is 4.90 Å². The number of carbonyl (C=O) groups excluding carboxylic acids is 1. The first-order valence-corrected chi connectivity index (χ1v) is 6.95. The minimum absolute atomic E-state index is 0.252. The van der Waals surface area contributed by atoms with Crippen molar-refractivity contribution in [1.82, 2.24) is 0 Å². The number of amides is 1. The van der Waals surface area contributed by atoms with Crippen LogP contribution >= 0.6 is 0 Å². The van der Waals surface area contributed by atoms with E-state index >= 15 is 0 Å². The molecule has 1 aliphatic rings. The van der Waals surface area contributed by atoms with Crippen LogP contribution in [-0.2, 0) is 4.74 Å². The smallest absolute Gasteiger partial charge is 0.414 e. The van der Waals surface area contributed by atoms with E-state index in [0.29, 0.717) is 13.2 Å². The highest BCUT2D eigenvalue weighted by molar-refractivity contribution is 5.90. The van der Waals surface area contributed by atoms with Gasteiger partial charge in [0.2, 0.25) is 0 Å². The third kappa shape index (κ3) is 2.99. The van der Waals surface area contributed by atoms with Crippen LogP contribution in [0.1, 0.15) is 5.56 Å². The normalized spacial score (nSPS) is 17.7. The van der Waals surface area contributed by atoms with E-state index in [2.05, 4.69) is 0 Å². The summed E-state index contributed by atoms with van der Waals surface area (Å²) < 4.78 is 11.0. The van der Waals surface area contributed by atoms with E-state index in [0.717, 1.165) is 17.0 Å². The highest BCUT2D eigenvalue weighted by atomic mass is 16.6. The van der Waals surface area contributed by atoms with E-state index in [1.807, 2.05) is 61.5 Å². The zero-order valence-electron chi connectivity index (χ0n) is 11.9. The molecule has 1 unspecified atom stereocenters. The van der Waals surface area contributed by atoms with Gasteiger partial charge in [-0.2, -0.15) is 0 Å². The van der Waals surface area contributed by atoms with Crippen molar-refractivity contribution < 1.29 is 14.3 Å². The first-order valence-electron chi connectivity index (χ1n) is 6.95. The first-order chi connectivity index (χ1) is 10.2. The Bertz CT molecular complexity index is 627. The van der Waals surface area contributed by atoms with Crippen molar-refractivity contribution in [3.8, 4) is 5.75 Å². The predicted molar refractivity (Wildman–Crippen MR) is 80.7 cm³/mol. The highest BCUT2D eigenvalue weighted by Gasteiger charge is 2.33. The van der Waals surface area contributed by atoms with Crippen LogP contribution in [0.2, 0.25) is 0 Å². The molecule has 1 amide bonds. The molecular formula is C17H17NO3. The quantitative estimate of drug-likeness (QED) is 0.863. The Labute approximate surface area is 123 Å². The van der Waals surface area contributed by atoms with Crippen LogP contribution in [0.15, 0.2) is 54.6 Å². The summed E-state index contributed by atoms with van der Waals surface area (Å²) in [5.74, 6) is 0.780. The molecule has 4 nitrogen and oxygen atoms in total. The van der Waals surface area contributed by atoms with Crippen molar-refractivity contribution in [2.24, 2.45) is 0 Å².